The van der Waals surface area contributed by atoms with E-state index in [1.165, 1.54) is 12.1 Å². The zero-order valence-electron chi connectivity index (χ0n) is 11.5. The maximum Gasteiger partial charge on any atom is 0.256 e. The molecule has 1 unspecified atom stereocenters. The second kappa shape index (κ2) is 6.30. The summed E-state index contributed by atoms with van der Waals surface area (Å²) in [6.45, 7) is 3.84. The molecule has 0 aromatic heterocycles. The van der Waals surface area contributed by atoms with Crippen LogP contribution in [0.3, 0.4) is 0 Å². The molecule has 1 saturated heterocycles. The fourth-order valence-electron chi connectivity index (χ4n) is 2.02. The minimum atomic E-state index is -0.634. The molecule has 1 atom stereocenters. The Kier molecular flexibility index (Phi) is 4.86. The van der Waals surface area contributed by atoms with E-state index in [1.54, 1.807) is 6.07 Å². The van der Waals surface area contributed by atoms with Gasteiger partial charge in [0.05, 0.1) is 17.1 Å². The molecular weight excluding hydrogens is 331 g/mol. The first kappa shape index (κ1) is 16.2. The number of carbonyl (C=O) groups is 2. The molecule has 2 rings (SSSR count). The van der Waals surface area contributed by atoms with E-state index in [-0.39, 0.29) is 24.2 Å². The number of halogens is 2. The quantitative estimate of drug-likeness (QED) is 0.675. The number of imide groups is 1. The van der Waals surface area contributed by atoms with Crippen LogP contribution in [0.4, 0.5) is 5.69 Å². The van der Waals surface area contributed by atoms with Crippen molar-refractivity contribution in [3.05, 3.63) is 28.2 Å². The molecule has 0 aliphatic carbocycles. The van der Waals surface area contributed by atoms with E-state index in [0.717, 1.165) is 4.90 Å². The second-order valence-electron chi connectivity index (χ2n) is 5.12. The molecule has 21 heavy (non-hydrogen) atoms. The maximum atomic E-state index is 12.4. The third kappa shape index (κ3) is 3.54. The van der Waals surface area contributed by atoms with Crippen molar-refractivity contribution in [1.29, 1.82) is 0 Å². The Labute approximate surface area is 138 Å². The summed E-state index contributed by atoms with van der Waals surface area (Å²) in [4.78, 5) is 26.2. The number of nitrogens with one attached hydrogen (secondary N) is 1. The molecule has 1 fully saturated rings. The Morgan fingerprint density at radius 2 is 1.86 bits per heavy atom. The average Bonchev–Trinajstić information content (AvgIpc) is 2.63. The topological polar surface area (TPSA) is 49.4 Å². The summed E-state index contributed by atoms with van der Waals surface area (Å²) in [5, 5.41) is 3.68. The lowest BCUT2D eigenvalue weighted by Gasteiger charge is -2.18. The molecule has 112 valence electrons. The Morgan fingerprint density at radius 1 is 1.29 bits per heavy atom. The molecule has 1 aliphatic rings. The van der Waals surface area contributed by atoms with Crippen LogP contribution in [0.1, 0.15) is 20.3 Å². The molecule has 1 N–H and O–H groups in total. The molecule has 0 radical (unpaired) electrons. The highest BCUT2D eigenvalue weighted by molar-refractivity contribution is 7.80. The van der Waals surface area contributed by atoms with Gasteiger partial charge in [-0.2, -0.15) is 0 Å². The molecule has 1 heterocycles. The van der Waals surface area contributed by atoms with Gasteiger partial charge in [-0.15, -0.1) is 0 Å². The van der Waals surface area contributed by atoms with Crippen molar-refractivity contribution in [3.63, 3.8) is 0 Å². The van der Waals surface area contributed by atoms with E-state index in [9.17, 15) is 9.59 Å². The summed E-state index contributed by atoms with van der Waals surface area (Å²) in [5.74, 6) is -0.540. The van der Waals surface area contributed by atoms with E-state index in [4.69, 9.17) is 35.4 Å². The molecule has 2 amide bonds. The first-order chi connectivity index (χ1) is 9.79. The summed E-state index contributed by atoms with van der Waals surface area (Å²) in [5.41, 5.74) is 0.377. The van der Waals surface area contributed by atoms with Gasteiger partial charge in [0.2, 0.25) is 5.91 Å². The summed E-state index contributed by atoms with van der Waals surface area (Å²) >= 11 is 17.0. The standard InChI is InChI=1S/C14H14Cl2N2O2S/c1-7(2)13(21)17-11-6-12(19)18(14(11)20)10-4-8(15)3-9(16)5-10/h3-5,7,11H,6H2,1-2H3,(H,17,21). The average molecular weight is 345 g/mol. The fraction of sp³-hybridized carbons (Fsp3) is 0.357. The third-order valence-corrected chi connectivity index (χ3v) is 4.12. The monoisotopic (exact) mass is 344 g/mol. The maximum absolute atomic E-state index is 12.4. The molecular formula is C14H14Cl2N2O2S. The highest BCUT2D eigenvalue weighted by Gasteiger charge is 2.40. The van der Waals surface area contributed by atoms with Crippen molar-refractivity contribution in [2.45, 2.75) is 26.3 Å². The van der Waals surface area contributed by atoms with Crippen molar-refractivity contribution in [1.82, 2.24) is 5.32 Å². The van der Waals surface area contributed by atoms with E-state index in [2.05, 4.69) is 5.32 Å². The van der Waals surface area contributed by atoms with Crippen LogP contribution in [-0.4, -0.2) is 22.8 Å². The van der Waals surface area contributed by atoms with Crippen LogP contribution in [0, 0.1) is 5.92 Å². The predicted molar refractivity (Wildman–Crippen MR) is 87.9 cm³/mol. The predicted octanol–water partition coefficient (Wildman–Crippen LogP) is 3.20. The number of hydrogen-bond acceptors (Lipinski definition) is 3. The number of carbonyl (C=O) groups excluding carboxylic acids is 2. The van der Waals surface area contributed by atoms with Gasteiger partial charge in [0.25, 0.3) is 5.91 Å². The number of rotatable bonds is 3. The van der Waals surface area contributed by atoms with Crippen LogP contribution in [0.5, 0.6) is 0 Å². The van der Waals surface area contributed by atoms with Crippen molar-refractivity contribution >= 4 is 57.9 Å². The van der Waals surface area contributed by atoms with Gasteiger partial charge in [0.1, 0.15) is 6.04 Å². The van der Waals surface area contributed by atoms with Crippen molar-refractivity contribution in [2.24, 2.45) is 5.92 Å². The second-order valence-corrected chi connectivity index (χ2v) is 6.43. The third-order valence-electron chi connectivity index (χ3n) is 3.09. The zero-order chi connectivity index (χ0) is 15.7. The first-order valence-electron chi connectivity index (χ1n) is 6.43. The fourth-order valence-corrected chi connectivity index (χ4v) is 2.68. The van der Waals surface area contributed by atoms with Crippen molar-refractivity contribution < 1.29 is 9.59 Å². The van der Waals surface area contributed by atoms with Crippen molar-refractivity contribution in [3.8, 4) is 0 Å². The van der Waals surface area contributed by atoms with Crippen LogP contribution < -0.4 is 10.2 Å². The van der Waals surface area contributed by atoms with Crippen LogP contribution in [-0.2, 0) is 9.59 Å². The lowest BCUT2D eigenvalue weighted by Crippen LogP contribution is -2.42. The van der Waals surface area contributed by atoms with E-state index in [0.29, 0.717) is 20.7 Å². The smallest absolute Gasteiger partial charge is 0.256 e. The largest absolute Gasteiger partial charge is 0.368 e. The number of benzene rings is 1. The van der Waals surface area contributed by atoms with E-state index >= 15 is 0 Å². The summed E-state index contributed by atoms with van der Waals surface area (Å²) in [6, 6.07) is 3.98. The van der Waals surface area contributed by atoms with Gasteiger partial charge >= 0.3 is 0 Å². The highest BCUT2D eigenvalue weighted by Crippen LogP contribution is 2.29. The van der Waals surface area contributed by atoms with Crippen LogP contribution in [0.25, 0.3) is 0 Å². The summed E-state index contributed by atoms with van der Waals surface area (Å²) in [6.07, 6.45) is 0.0653. The number of amides is 2. The Bertz CT molecular complexity index is 599. The van der Waals surface area contributed by atoms with Gasteiger partial charge in [-0.25, -0.2) is 4.90 Å². The zero-order valence-corrected chi connectivity index (χ0v) is 13.9. The van der Waals surface area contributed by atoms with Crippen LogP contribution in [0.15, 0.2) is 18.2 Å². The SMILES string of the molecule is CC(C)C(=S)NC1CC(=O)N(c2cc(Cl)cc(Cl)c2)C1=O. The van der Waals surface area contributed by atoms with Crippen molar-refractivity contribution in [2.75, 3.05) is 4.90 Å². The van der Waals surface area contributed by atoms with Gasteiger partial charge in [-0.3, -0.25) is 9.59 Å². The van der Waals surface area contributed by atoms with Gasteiger partial charge in [0.15, 0.2) is 0 Å². The molecule has 0 spiro atoms. The molecule has 1 aliphatic heterocycles. The van der Waals surface area contributed by atoms with Gasteiger partial charge in [-0.05, 0) is 18.2 Å². The Hall–Kier alpha value is -1.17. The van der Waals surface area contributed by atoms with E-state index in [1.807, 2.05) is 13.8 Å². The molecule has 7 heteroatoms. The Balaban J connectivity index is 2.24. The summed E-state index contributed by atoms with van der Waals surface area (Å²) < 4.78 is 0. The molecule has 0 saturated carbocycles. The first-order valence-corrected chi connectivity index (χ1v) is 7.59. The number of hydrogen-bond donors (Lipinski definition) is 1. The number of thiocarbonyl (C=S) groups is 1. The Morgan fingerprint density at radius 3 is 2.38 bits per heavy atom. The van der Waals surface area contributed by atoms with Gasteiger partial charge in [0, 0.05) is 16.0 Å². The van der Waals surface area contributed by atoms with Crippen LogP contribution >= 0.6 is 35.4 Å². The highest BCUT2D eigenvalue weighted by atomic mass is 35.5. The van der Waals surface area contributed by atoms with E-state index < -0.39 is 6.04 Å². The minimum absolute atomic E-state index is 0.0653. The number of nitrogens with zero attached hydrogens (tertiary/aromatic N) is 1. The minimum Gasteiger partial charge on any atom is -0.368 e. The molecule has 1 aromatic carbocycles. The normalized spacial score (nSPS) is 18.5. The summed E-state index contributed by atoms with van der Waals surface area (Å²) in [7, 11) is 0. The lowest BCUT2D eigenvalue weighted by atomic mass is 10.2. The molecule has 4 nitrogen and oxygen atoms in total. The number of anilines is 1. The lowest BCUT2D eigenvalue weighted by molar-refractivity contribution is -0.121. The van der Waals surface area contributed by atoms with Gasteiger partial charge < -0.3 is 5.32 Å². The molecule has 0 bridgehead atoms. The van der Waals surface area contributed by atoms with Crippen LogP contribution in [0.2, 0.25) is 10.0 Å². The van der Waals surface area contributed by atoms with Gasteiger partial charge in [-0.1, -0.05) is 49.3 Å². The molecule has 1 aromatic rings.